The first-order valence-corrected chi connectivity index (χ1v) is 4.06. The van der Waals surface area contributed by atoms with E-state index in [2.05, 4.69) is 5.32 Å². The van der Waals surface area contributed by atoms with E-state index in [0.29, 0.717) is 0 Å². The van der Waals surface area contributed by atoms with Crippen LogP contribution in [0.15, 0.2) is 0 Å². The minimum absolute atomic E-state index is 0.0914. The van der Waals surface area contributed by atoms with E-state index < -0.39 is 5.54 Å². The first-order chi connectivity index (χ1) is 5.27. The van der Waals surface area contributed by atoms with Crippen molar-refractivity contribution < 1.29 is 9.59 Å². The summed E-state index contributed by atoms with van der Waals surface area (Å²) in [5, 5.41) is 2.74. The van der Waals surface area contributed by atoms with Gasteiger partial charge in [-0.3, -0.25) is 9.59 Å². The van der Waals surface area contributed by atoms with Gasteiger partial charge in [-0.2, -0.15) is 0 Å². The second-order valence-electron chi connectivity index (χ2n) is 3.74. The molecule has 0 saturated heterocycles. The molecule has 0 aromatic heterocycles. The maximum absolute atomic E-state index is 11.0. The summed E-state index contributed by atoms with van der Waals surface area (Å²) in [7, 11) is 0. The second kappa shape index (κ2) is 3.70. The maximum Gasteiger partial charge on any atom is 0.217 e. The van der Waals surface area contributed by atoms with Crippen molar-refractivity contribution in [3.63, 3.8) is 0 Å². The third kappa shape index (κ3) is 3.03. The highest BCUT2D eigenvalue weighted by atomic mass is 16.1. The molecule has 3 heteroatoms. The zero-order chi connectivity index (χ0) is 9.94. The molecule has 0 heterocycles. The van der Waals surface area contributed by atoms with E-state index in [1.54, 1.807) is 0 Å². The fourth-order valence-corrected chi connectivity index (χ4v) is 1.07. The lowest BCUT2D eigenvalue weighted by molar-refractivity contribution is -0.125. The number of rotatable bonds is 3. The monoisotopic (exact) mass is 171 g/mol. The van der Waals surface area contributed by atoms with Crippen molar-refractivity contribution >= 4 is 11.7 Å². The zero-order valence-corrected chi connectivity index (χ0v) is 8.39. The Morgan fingerprint density at radius 2 is 1.67 bits per heavy atom. The summed E-state index contributed by atoms with van der Waals surface area (Å²) in [4.78, 5) is 21.8. The van der Waals surface area contributed by atoms with Crippen LogP contribution in [0.1, 0.15) is 34.6 Å². The zero-order valence-electron chi connectivity index (χ0n) is 8.39. The molecule has 1 amide bonds. The summed E-state index contributed by atoms with van der Waals surface area (Å²) in [5.41, 5.74) is -0.447. The second-order valence-corrected chi connectivity index (χ2v) is 3.74. The lowest BCUT2D eigenvalue weighted by Crippen LogP contribution is -2.49. The van der Waals surface area contributed by atoms with Gasteiger partial charge in [-0.25, -0.2) is 0 Å². The number of hydrogen-bond donors (Lipinski definition) is 1. The Morgan fingerprint density at radius 3 is 1.92 bits per heavy atom. The summed E-state index contributed by atoms with van der Waals surface area (Å²) in [6.45, 7) is 8.50. The van der Waals surface area contributed by atoms with Gasteiger partial charge in [0.2, 0.25) is 5.91 Å². The molecule has 3 nitrogen and oxygen atoms in total. The fourth-order valence-electron chi connectivity index (χ4n) is 1.07. The molecular weight excluding hydrogens is 154 g/mol. The number of amides is 1. The number of ketones is 1. The molecule has 0 radical (unpaired) electrons. The molecule has 1 N–H and O–H groups in total. The van der Waals surface area contributed by atoms with E-state index in [0.717, 1.165) is 0 Å². The van der Waals surface area contributed by atoms with Gasteiger partial charge in [-0.05, 0) is 20.8 Å². The average molecular weight is 171 g/mol. The third-order valence-corrected chi connectivity index (χ3v) is 2.19. The van der Waals surface area contributed by atoms with Gasteiger partial charge < -0.3 is 5.32 Å². The molecule has 0 spiro atoms. The van der Waals surface area contributed by atoms with Crippen LogP contribution in [0.25, 0.3) is 0 Å². The highest BCUT2D eigenvalue weighted by molar-refractivity contribution is 5.81. The van der Waals surface area contributed by atoms with Crippen molar-refractivity contribution in [2.75, 3.05) is 0 Å². The van der Waals surface area contributed by atoms with Gasteiger partial charge in [0.15, 0.2) is 0 Å². The van der Waals surface area contributed by atoms with E-state index >= 15 is 0 Å². The molecular formula is C9H17NO2. The molecule has 0 aromatic carbocycles. The van der Waals surface area contributed by atoms with Gasteiger partial charge >= 0.3 is 0 Å². The normalized spacial score (nSPS) is 13.8. The Balaban J connectivity index is 4.38. The highest BCUT2D eigenvalue weighted by Gasteiger charge is 2.29. The van der Waals surface area contributed by atoms with Crippen molar-refractivity contribution in [2.24, 2.45) is 5.92 Å². The Hall–Kier alpha value is -0.860. The molecule has 0 bridgehead atoms. The van der Waals surface area contributed by atoms with E-state index in [1.807, 2.05) is 20.8 Å². The third-order valence-electron chi connectivity index (χ3n) is 2.19. The van der Waals surface area contributed by atoms with Gasteiger partial charge in [0.25, 0.3) is 0 Å². The molecule has 70 valence electrons. The minimum atomic E-state index is -0.447. The summed E-state index contributed by atoms with van der Waals surface area (Å²) >= 11 is 0. The molecule has 0 aromatic rings. The van der Waals surface area contributed by atoms with Crippen LogP contribution in [0, 0.1) is 5.92 Å². The van der Waals surface area contributed by atoms with Crippen molar-refractivity contribution in [1.29, 1.82) is 0 Å². The van der Waals surface area contributed by atoms with Gasteiger partial charge in [-0.15, -0.1) is 0 Å². The standard InChI is InChI=1S/C9H17NO2/c1-6(7(2)11)9(4,5)10-8(3)12/h6H,1-5H3,(H,10,12). The Morgan fingerprint density at radius 1 is 1.25 bits per heavy atom. The maximum atomic E-state index is 11.0. The lowest BCUT2D eigenvalue weighted by atomic mass is 9.86. The SMILES string of the molecule is CC(=O)NC(C)(C)C(C)C(C)=O. The van der Waals surface area contributed by atoms with Gasteiger partial charge in [0.05, 0.1) is 0 Å². The molecule has 0 aliphatic heterocycles. The van der Waals surface area contributed by atoms with Crippen molar-refractivity contribution in [3.8, 4) is 0 Å². The molecule has 1 atom stereocenters. The van der Waals surface area contributed by atoms with Crippen molar-refractivity contribution in [3.05, 3.63) is 0 Å². The summed E-state index contributed by atoms with van der Waals surface area (Å²) in [6.07, 6.45) is 0. The molecule has 1 unspecified atom stereocenters. The fraction of sp³-hybridized carbons (Fsp3) is 0.778. The van der Waals surface area contributed by atoms with Crippen LogP contribution in [0.2, 0.25) is 0 Å². The Bertz CT molecular complexity index is 197. The lowest BCUT2D eigenvalue weighted by Gasteiger charge is -2.30. The number of carbonyl (C=O) groups is 2. The van der Waals surface area contributed by atoms with E-state index in [9.17, 15) is 9.59 Å². The van der Waals surface area contributed by atoms with E-state index in [4.69, 9.17) is 0 Å². The van der Waals surface area contributed by atoms with Gasteiger partial charge in [0, 0.05) is 18.4 Å². The number of Topliss-reactive ketones (excluding diaryl/α,β-unsaturated/α-hetero) is 1. The molecule has 0 fully saturated rings. The molecule has 12 heavy (non-hydrogen) atoms. The first-order valence-electron chi connectivity index (χ1n) is 4.06. The molecule has 0 saturated carbocycles. The van der Waals surface area contributed by atoms with Crippen molar-refractivity contribution in [1.82, 2.24) is 5.32 Å². The average Bonchev–Trinajstić information content (AvgIpc) is 1.82. The minimum Gasteiger partial charge on any atom is -0.351 e. The molecule has 0 aliphatic carbocycles. The van der Waals surface area contributed by atoms with Crippen LogP contribution in [-0.2, 0) is 9.59 Å². The van der Waals surface area contributed by atoms with Gasteiger partial charge in [-0.1, -0.05) is 6.92 Å². The quantitative estimate of drug-likeness (QED) is 0.691. The van der Waals surface area contributed by atoms with Crippen LogP contribution in [0.5, 0.6) is 0 Å². The number of carbonyl (C=O) groups excluding carboxylic acids is 2. The topological polar surface area (TPSA) is 46.2 Å². The van der Waals surface area contributed by atoms with E-state index in [1.165, 1.54) is 13.8 Å². The van der Waals surface area contributed by atoms with Crippen LogP contribution in [0.4, 0.5) is 0 Å². The van der Waals surface area contributed by atoms with Crippen LogP contribution < -0.4 is 5.32 Å². The summed E-state index contributed by atoms with van der Waals surface area (Å²) < 4.78 is 0. The van der Waals surface area contributed by atoms with Crippen molar-refractivity contribution in [2.45, 2.75) is 40.2 Å². The largest absolute Gasteiger partial charge is 0.351 e. The Kier molecular flexibility index (Phi) is 3.43. The van der Waals surface area contributed by atoms with E-state index in [-0.39, 0.29) is 17.6 Å². The highest BCUT2D eigenvalue weighted by Crippen LogP contribution is 2.16. The van der Waals surface area contributed by atoms with Gasteiger partial charge in [0.1, 0.15) is 5.78 Å². The van der Waals surface area contributed by atoms with Crippen LogP contribution >= 0.6 is 0 Å². The molecule has 0 aliphatic rings. The molecule has 0 rings (SSSR count). The Labute approximate surface area is 73.5 Å². The number of hydrogen-bond acceptors (Lipinski definition) is 2. The predicted molar refractivity (Wildman–Crippen MR) is 47.7 cm³/mol. The number of nitrogens with one attached hydrogen (secondary N) is 1. The summed E-state index contributed by atoms with van der Waals surface area (Å²) in [5.74, 6) is -0.164. The van der Waals surface area contributed by atoms with Crippen LogP contribution in [0.3, 0.4) is 0 Å². The van der Waals surface area contributed by atoms with Crippen LogP contribution in [-0.4, -0.2) is 17.2 Å². The first kappa shape index (κ1) is 11.1. The predicted octanol–water partition coefficient (Wildman–Crippen LogP) is 1.13. The summed E-state index contributed by atoms with van der Waals surface area (Å²) in [6, 6.07) is 0. The smallest absolute Gasteiger partial charge is 0.217 e.